The molecule has 30 heavy (non-hydrogen) atoms. The molecule has 4 rings (SSSR count). The maximum absolute atomic E-state index is 12.9. The SMILES string of the molecule is COc1cc(NC(=O)c2cc3c(N4CCCC4)nc(C)cn3n2)cc(OC)c1OC. The van der Waals surface area contributed by atoms with Gasteiger partial charge in [-0.25, -0.2) is 9.50 Å². The zero-order chi connectivity index (χ0) is 21.3. The maximum atomic E-state index is 12.9. The van der Waals surface area contributed by atoms with Crippen LogP contribution in [0, 0.1) is 6.92 Å². The molecule has 3 heterocycles. The highest BCUT2D eigenvalue weighted by molar-refractivity contribution is 6.04. The van der Waals surface area contributed by atoms with Crippen molar-refractivity contribution in [1.82, 2.24) is 14.6 Å². The number of hydrogen-bond acceptors (Lipinski definition) is 7. The maximum Gasteiger partial charge on any atom is 0.276 e. The molecule has 1 aromatic carbocycles. The summed E-state index contributed by atoms with van der Waals surface area (Å²) in [5.74, 6) is 1.91. The number of nitrogens with zero attached hydrogens (tertiary/aromatic N) is 4. The minimum atomic E-state index is -0.335. The predicted molar refractivity (Wildman–Crippen MR) is 113 cm³/mol. The second kappa shape index (κ2) is 8.10. The van der Waals surface area contributed by atoms with Crippen molar-refractivity contribution in [1.29, 1.82) is 0 Å². The average Bonchev–Trinajstić information content (AvgIpc) is 3.42. The number of aromatic nitrogens is 3. The molecule has 1 aliphatic heterocycles. The van der Waals surface area contributed by atoms with Crippen molar-refractivity contribution >= 4 is 22.9 Å². The number of hydrogen-bond donors (Lipinski definition) is 1. The Bertz CT molecular complexity index is 1060. The van der Waals surface area contributed by atoms with E-state index in [0.717, 1.165) is 43.0 Å². The number of methoxy groups -OCH3 is 3. The van der Waals surface area contributed by atoms with Gasteiger partial charge in [0, 0.05) is 37.0 Å². The van der Waals surface area contributed by atoms with Crippen LogP contribution in [0.5, 0.6) is 17.2 Å². The van der Waals surface area contributed by atoms with E-state index < -0.39 is 0 Å². The number of nitrogens with one attached hydrogen (secondary N) is 1. The van der Waals surface area contributed by atoms with E-state index in [2.05, 4.69) is 15.3 Å². The number of anilines is 2. The van der Waals surface area contributed by atoms with E-state index in [1.165, 1.54) is 21.3 Å². The second-order valence-corrected chi connectivity index (χ2v) is 7.13. The van der Waals surface area contributed by atoms with Gasteiger partial charge < -0.3 is 24.4 Å². The molecule has 1 fully saturated rings. The lowest BCUT2D eigenvalue weighted by Crippen LogP contribution is -2.20. The molecule has 0 aliphatic carbocycles. The molecule has 1 saturated heterocycles. The summed E-state index contributed by atoms with van der Waals surface area (Å²) in [6, 6.07) is 5.13. The first-order valence-corrected chi connectivity index (χ1v) is 9.77. The molecule has 0 atom stereocenters. The van der Waals surface area contributed by atoms with E-state index in [1.54, 1.807) is 22.7 Å². The van der Waals surface area contributed by atoms with Crippen LogP contribution in [0.15, 0.2) is 24.4 Å². The zero-order valence-corrected chi connectivity index (χ0v) is 17.6. The summed E-state index contributed by atoms with van der Waals surface area (Å²) in [5.41, 5.74) is 2.49. The van der Waals surface area contributed by atoms with E-state index in [1.807, 2.05) is 13.1 Å². The van der Waals surface area contributed by atoms with Crippen LogP contribution >= 0.6 is 0 Å². The quantitative estimate of drug-likeness (QED) is 0.667. The van der Waals surface area contributed by atoms with E-state index in [4.69, 9.17) is 19.2 Å². The Labute approximate surface area is 174 Å². The molecule has 1 aliphatic rings. The average molecular weight is 411 g/mol. The number of benzene rings is 1. The van der Waals surface area contributed by atoms with Crippen LogP contribution < -0.4 is 24.4 Å². The second-order valence-electron chi connectivity index (χ2n) is 7.13. The first kappa shape index (κ1) is 19.8. The third kappa shape index (κ3) is 3.58. The summed E-state index contributed by atoms with van der Waals surface area (Å²) in [4.78, 5) is 19.9. The van der Waals surface area contributed by atoms with Gasteiger partial charge in [-0.15, -0.1) is 0 Å². The van der Waals surface area contributed by atoms with Gasteiger partial charge in [-0.2, -0.15) is 5.10 Å². The number of carbonyl (C=O) groups excluding carboxylic acids is 1. The molecule has 0 unspecified atom stereocenters. The van der Waals surface area contributed by atoms with Gasteiger partial charge in [0.25, 0.3) is 5.91 Å². The third-order valence-corrected chi connectivity index (χ3v) is 5.12. The van der Waals surface area contributed by atoms with Gasteiger partial charge >= 0.3 is 0 Å². The summed E-state index contributed by atoms with van der Waals surface area (Å²) in [5, 5.41) is 7.33. The molecule has 0 radical (unpaired) electrons. The number of amides is 1. The Morgan fingerprint density at radius 1 is 1.03 bits per heavy atom. The molecule has 9 heteroatoms. The minimum Gasteiger partial charge on any atom is -0.493 e. The van der Waals surface area contributed by atoms with Crippen molar-refractivity contribution in [3.05, 3.63) is 35.8 Å². The number of fused-ring (bicyclic) bond motifs is 1. The fraction of sp³-hybridized carbons (Fsp3) is 0.381. The van der Waals surface area contributed by atoms with Crippen LogP contribution in [0.1, 0.15) is 29.0 Å². The van der Waals surface area contributed by atoms with Crippen molar-refractivity contribution in [2.24, 2.45) is 0 Å². The molecule has 9 nitrogen and oxygen atoms in total. The number of rotatable bonds is 6. The molecule has 0 bridgehead atoms. The van der Waals surface area contributed by atoms with Gasteiger partial charge in [0.2, 0.25) is 5.75 Å². The Balaban J connectivity index is 1.66. The molecule has 1 N–H and O–H groups in total. The molecular weight excluding hydrogens is 386 g/mol. The third-order valence-electron chi connectivity index (χ3n) is 5.12. The summed E-state index contributed by atoms with van der Waals surface area (Å²) < 4.78 is 17.7. The van der Waals surface area contributed by atoms with Crippen molar-refractivity contribution in [2.75, 3.05) is 44.6 Å². The Hall–Kier alpha value is -3.49. The largest absolute Gasteiger partial charge is 0.493 e. The highest BCUT2D eigenvalue weighted by atomic mass is 16.5. The first-order chi connectivity index (χ1) is 14.5. The lowest BCUT2D eigenvalue weighted by Gasteiger charge is -2.17. The van der Waals surface area contributed by atoms with E-state index >= 15 is 0 Å². The van der Waals surface area contributed by atoms with Crippen molar-refractivity contribution in [3.63, 3.8) is 0 Å². The van der Waals surface area contributed by atoms with Crippen LogP contribution in [-0.4, -0.2) is 54.9 Å². The highest BCUT2D eigenvalue weighted by Crippen LogP contribution is 2.40. The molecular formula is C21H25N5O4. The smallest absolute Gasteiger partial charge is 0.276 e. The Kier molecular flexibility index (Phi) is 5.35. The molecule has 2 aromatic heterocycles. The topological polar surface area (TPSA) is 90.2 Å². The van der Waals surface area contributed by atoms with E-state index in [-0.39, 0.29) is 5.91 Å². The van der Waals surface area contributed by atoms with Crippen molar-refractivity contribution in [2.45, 2.75) is 19.8 Å². The van der Waals surface area contributed by atoms with Gasteiger partial charge in [0.1, 0.15) is 5.52 Å². The molecule has 1 amide bonds. The fourth-order valence-corrected chi connectivity index (χ4v) is 3.71. The van der Waals surface area contributed by atoms with Gasteiger partial charge in [-0.05, 0) is 19.8 Å². The molecule has 0 spiro atoms. The number of ether oxygens (including phenoxy) is 3. The fourth-order valence-electron chi connectivity index (χ4n) is 3.71. The van der Waals surface area contributed by atoms with Crippen LogP contribution in [0.25, 0.3) is 5.52 Å². The summed E-state index contributed by atoms with van der Waals surface area (Å²) >= 11 is 0. The van der Waals surface area contributed by atoms with Crippen LogP contribution in [-0.2, 0) is 0 Å². The van der Waals surface area contributed by atoms with Crippen molar-refractivity contribution < 1.29 is 19.0 Å². The predicted octanol–water partition coefficient (Wildman–Crippen LogP) is 2.92. The molecule has 0 saturated carbocycles. The van der Waals surface area contributed by atoms with Gasteiger partial charge in [-0.1, -0.05) is 0 Å². The van der Waals surface area contributed by atoms with Gasteiger partial charge in [0.15, 0.2) is 23.0 Å². The van der Waals surface area contributed by atoms with Crippen LogP contribution in [0.4, 0.5) is 11.5 Å². The first-order valence-electron chi connectivity index (χ1n) is 9.77. The Morgan fingerprint density at radius 2 is 1.70 bits per heavy atom. The van der Waals surface area contributed by atoms with Gasteiger partial charge in [-0.3, -0.25) is 4.79 Å². The van der Waals surface area contributed by atoms with E-state index in [9.17, 15) is 4.79 Å². The van der Waals surface area contributed by atoms with Gasteiger partial charge in [0.05, 0.1) is 33.2 Å². The standard InChI is InChI=1S/C21H25N5O4/c1-13-12-26-16(20(22-13)25-7-5-6-8-25)11-15(24-26)21(27)23-14-9-17(28-2)19(30-4)18(10-14)29-3/h9-12H,5-8H2,1-4H3,(H,23,27). The highest BCUT2D eigenvalue weighted by Gasteiger charge is 2.21. The van der Waals surface area contributed by atoms with Crippen LogP contribution in [0.2, 0.25) is 0 Å². The van der Waals surface area contributed by atoms with Crippen molar-refractivity contribution in [3.8, 4) is 17.2 Å². The minimum absolute atomic E-state index is 0.302. The van der Waals surface area contributed by atoms with E-state index in [0.29, 0.717) is 28.6 Å². The number of carbonyl (C=O) groups is 1. The monoisotopic (exact) mass is 411 g/mol. The summed E-state index contributed by atoms with van der Waals surface area (Å²) in [6.45, 7) is 3.85. The summed E-state index contributed by atoms with van der Waals surface area (Å²) in [7, 11) is 4.59. The Morgan fingerprint density at radius 3 is 2.30 bits per heavy atom. The lowest BCUT2D eigenvalue weighted by molar-refractivity contribution is 0.102. The number of aryl methyl sites for hydroxylation is 1. The van der Waals surface area contributed by atoms with Crippen LogP contribution in [0.3, 0.4) is 0 Å². The lowest BCUT2D eigenvalue weighted by atomic mass is 10.2. The zero-order valence-electron chi connectivity index (χ0n) is 17.6. The normalized spacial score (nSPS) is 13.5. The molecule has 3 aromatic rings. The molecule has 158 valence electrons. The summed E-state index contributed by atoms with van der Waals surface area (Å²) in [6.07, 6.45) is 4.11.